The summed E-state index contributed by atoms with van der Waals surface area (Å²) in [4.78, 5) is 7.67. The maximum Gasteiger partial charge on any atom is 0.152 e. The molecule has 6 N–H and O–H groups in total. The number of anilines is 3. The van der Waals surface area contributed by atoms with E-state index >= 15 is 0 Å². The van der Waals surface area contributed by atoms with Crippen molar-refractivity contribution in [1.82, 2.24) is 9.97 Å². The van der Waals surface area contributed by atoms with E-state index in [9.17, 15) is 0 Å². The van der Waals surface area contributed by atoms with Crippen LogP contribution in [0.4, 0.5) is 17.3 Å². The highest BCUT2D eigenvalue weighted by molar-refractivity contribution is 7.79. The van der Waals surface area contributed by atoms with E-state index in [4.69, 9.17) is 17.2 Å². The second-order valence-corrected chi connectivity index (χ2v) is 2.30. The van der Waals surface area contributed by atoms with Crippen LogP contribution in [0.25, 0.3) is 0 Å². The third-order valence-corrected chi connectivity index (χ3v) is 1.48. The molecule has 0 aliphatic heterocycles. The van der Waals surface area contributed by atoms with Gasteiger partial charge in [0.1, 0.15) is 11.5 Å². The van der Waals surface area contributed by atoms with E-state index in [0.29, 0.717) is 11.6 Å². The minimum Gasteiger partial charge on any atom is -0.393 e. The maximum atomic E-state index is 5.41. The summed E-state index contributed by atoms with van der Waals surface area (Å²) < 4.78 is 0. The molecule has 0 fully saturated rings. The van der Waals surface area contributed by atoms with E-state index in [-0.39, 0.29) is 17.3 Å². The van der Waals surface area contributed by atoms with Gasteiger partial charge < -0.3 is 17.2 Å². The Hall–Kier alpha value is -1.17. The average molecular weight is 171 g/mol. The van der Waals surface area contributed by atoms with Crippen LogP contribution in [0.3, 0.4) is 0 Å². The topological polar surface area (TPSA) is 104 Å². The highest BCUT2D eigenvalue weighted by Crippen LogP contribution is 2.17. The van der Waals surface area contributed by atoms with Crippen LogP contribution in [0.1, 0.15) is 5.82 Å². The normalized spacial score (nSPS) is 9.91. The van der Waals surface area contributed by atoms with Crippen LogP contribution in [0, 0.1) is 0 Å². The number of nitrogens with zero attached hydrogens (tertiary/aromatic N) is 2. The molecular weight excluding hydrogens is 162 g/mol. The third kappa shape index (κ3) is 1.45. The lowest BCUT2D eigenvalue weighted by Gasteiger charge is -2.03. The molecular formula is C5H9N5S. The van der Waals surface area contributed by atoms with Crippen LogP contribution >= 0.6 is 12.6 Å². The number of rotatable bonds is 1. The molecule has 1 aromatic heterocycles. The quantitative estimate of drug-likeness (QED) is 0.432. The number of nitrogen functional groups attached to an aromatic ring is 3. The molecule has 0 radical (unpaired) electrons. The minimum absolute atomic E-state index is 0.210. The zero-order valence-electron chi connectivity index (χ0n) is 5.78. The van der Waals surface area contributed by atoms with Gasteiger partial charge in [0.2, 0.25) is 0 Å². The monoisotopic (exact) mass is 171 g/mol. The van der Waals surface area contributed by atoms with E-state index in [1.807, 2.05) is 0 Å². The molecule has 0 amide bonds. The molecule has 6 heteroatoms. The highest BCUT2D eigenvalue weighted by Gasteiger charge is 2.04. The van der Waals surface area contributed by atoms with Gasteiger partial charge in [0.15, 0.2) is 11.6 Å². The third-order valence-electron chi connectivity index (χ3n) is 1.19. The van der Waals surface area contributed by atoms with Gasteiger partial charge in [0.25, 0.3) is 0 Å². The fourth-order valence-electron chi connectivity index (χ4n) is 0.625. The molecule has 0 atom stereocenters. The number of aromatic nitrogens is 2. The van der Waals surface area contributed by atoms with Gasteiger partial charge in [-0.1, -0.05) is 0 Å². The maximum absolute atomic E-state index is 5.41. The fourth-order valence-corrected chi connectivity index (χ4v) is 0.767. The molecule has 1 aromatic rings. The Labute approximate surface area is 69.4 Å². The van der Waals surface area contributed by atoms with Crippen LogP contribution in [0.5, 0.6) is 0 Å². The van der Waals surface area contributed by atoms with Crippen LogP contribution in [0.15, 0.2) is 0 Å². The van der Waals surface area contributed by atoms with E-state index in [1.165, 1.54) is 0 Å². The molecule has 5 nitrogen and oxygen atoms in total. The lowest BCUT2D eigenvalue weighted by molar-refractivity contribution is 1.06. The van der Waals surface area contributed by atoms with Gasteiger partial charge in [0.05, 0.1) is 5.75 Å². The van der Waals surface area contributed by atoms with Gasteiger partial charge in [-0.3, -0.25) is 0 Å². The standard InChI is InChI=1S/C5H9N5S/c6-3-4(7)9-2(1-11)10-5(3)8/h11H,1,6H2,(H4,7,8,9,10). The van der Waals surface area contributed by atoms with Crippen molar-refractivity contribution in [2.45, 2.75) is 5.75 Å². The van der Waals surface area contributed by atoms with E-state index in [2.05, 4.69) is 22.6 Å². The fraction of sp³-hybridized carbons (Fsp3) is 0.200. The Morgan fingerprint density at radius 3 is 1.91 bits per heavy atom. The van der Waals surface area contributed by atoms with Gasteiger partial charge in [-0.2, -0.15) is 12.6 Å². The highest BCUT2D eigenvalue weighted by atomic mass is 32.1. The second-order valence-electron chi connectivity index (χ2n) is 1.98. The summed E-state index contributed by atoms with van der Waals surface area (Å²) in [5.74, 6) is 1.30. The van der Waals surface area contributed by atoms with Crippen LogP contribution in [-0.4, -0.2) is 9.97 Å². The second kappa shape index (κ2) is 2.83. The predicted molar refractivity (Wildman–Crippen MR) is 48.0 cm³/mol. The van der Waals surface area contributed by atoms with Gasteiger partial charge in [-0.05, 0) is 0 Å². The Kier molecular flexibility index (Phi) is 2.04. The lowest BCUT2D eigenvalue weighted by atomic mass is 10.4. The zero-order valence-corrected chi connectivity index (χ0v) is 6.68. The summed E-state index contributed by atoms with van der Waals surface area (Å²) in [6, 6.07) is 0. The van der Waals surface area contributed by atoms with Crippen molar-refractivity contribution in [3.63, 3.8) is 0 Å². The smallest absolute Gasteiger partial charge is 0.152 e. The SMILES string of the molecule is Nc1nc(CS)nc(N)c1N. The van der Waals surface area contributed by atoms with Gasteiger partial charge in [0, 0.05) is 0 Å². The van der Waals surface area contributed by atoms with Crippen LogP contribution in [-0.2, 0) is 5.75 Å². The molecule has 0 spiro atoms. The summed E-state index contributed by atoms with van der Waals surface area (Å²) in [6.07, 6.45) is 0. The van der Waals surface area contributed by atoms with Crippen molar-refractivity contribution in [3.05, 3.63) is 5.82 Å². The summed E-state index contributed by atoms with van der Waals surface area (Å²) in [5, 5.41) is 0. The van der Waals surface area contributed by atoms with Crippen molar-refractivity contribution < 1.29 is 0 Å². The van der Waals surface area contributed by atoms with E-state index < -0.39 is 0 Å². The first kappa shape index (κ1) is 7.93. The zero-order chi connectivity index (χ0) is 8.43. The summed E-state index contributed by atoms with van der Waals surface area (Å²) in [5.41, 5.74) is 16.5. The van der Waals surface area contributed by atoms with Gasteiger partial charge in [-0.15, -0.1) is 0 Å². The minimum atomic E-state index is 0.210. The Morgan fingerprint density at radius 1 is 1.09 bits per heavy atom. The molecule has 0 aromatic carbocycles. The largest absolute Gasteiger partial charge is 0.393 e. The molecule has 0 saturated heterocycles. The van der Waals surface area contributed by atoms with Gasteiger partial charge >= 0.3 is 0 Å². The molecule has 0 aliphatic carbocycles. The van der Waals surface area contributed by atoms with Crippen molar-refractivity contribution in [2.75, 3.05) is 17.2 Å². The number of hydrogen-bond donors (Lipinski definition) is 4. The molecule has 11 heavy (non-hydrogen) atoms. The first-order chi connectivity index (χ1) is 5.15. The summed E-state index contributed by atoms with van der Waals surface area (Å²) in [6.45, 7) is 0. The van der Waals surface area contributed by atoms with E-state index in [1.54, 1.807) is 0 Å². The summed E-state index contributed by atoms with van der Waals surface area (Å²) in [7, 11) is 0. The Balaban J connectivity index is 3.21. The van der Waals surface area contributed by atoms with Crippen LogP contribution in [0.2, 0.25) is 0 Å². The predicted octanol–water partition coefficient (Wildman–Crippen LogP) is -0.347. The average Bonchev–Trinajstić information content (AvgIpc) is 1.99. The van der Waals surface area contributed by atoms with Crippen LogP contribution < -0.4 is 17.2 Å². The lowest BCUT2D eigenvalue weighted by Crippen LogP contribution is -2.07. The molecule has 60 valence electrons. The van der Waals surface area contributed by atoms with Crippen molar-refractivity contribution in [1.29, 1.82) is 0 Å². The Morgan fingerprint density at radius 2 is 1.55 bits per heavy atom. The van der Waals surface area contributed by atoms with Gasteiger partial charge in [-0.25, -0.2) is 9.97 Å². The van der Waals surface area contributed by atoms with E-state index in [0.717, 1.165) is 0 Å². The Bertz CT molecular complexity index is 251. The summed E-state index contributed by atoms with van der Waals surface area (Å²) >= 11 is 3.96. The number of nitrogens with two attached hydrogens (primary N) is 3. The molecule has 0 saturated carbocycles. The molecule has 0 unspecified atom stereocenters. The van der Waals surface area contributed by atoms with Crippen molar-refractivity contribution in [2.24, 2.45) is 0 Å². The molecule has 1 rings (SSSR count). The van der Waals surface area contributed by atoms with Crippen molar-refractivity contribution >= 4 is 30.0 Å². The van der Waals surface area contributed by atoms with Crippen molar-refractivity contribution in [3.8, 4) is 0 Å². The number of hydrogen-bond acceptors (Lipinski definition) is 6. The first-order valence-electron chi connectivity index (χ1n) is 2.93. The molecule has 0 aliphatic rings. The first-order valence-corrected chi connectivity index (χ1v) is 3.56. The molecule has 1 heterocycles. The number of thiol groups is 1. The molecule has 0 bridgehead atoms.